The lowest BCUT2D eigenvalue weighted by Crippen LogP contribution is -2.37. The van der Waals surface area contributed by atoms with Crippen molar-refractivity contribution in [3.05, 3.63) is 0 Å². The summed E-state index contributed by atoms with van der Waals surface area (Å²) >= 11 is 0. The van der Waals surface area contributed by atoms with Gasteiger partial charge >= 0.3 is 0 Å². The fourth-order valence-corrected chi connectivity index (χ4v) is 1.74. The van der Waals surface area contributed by atoms with Crippen LogP contribution >= 0.6 is 0 Å². The molecule has 2 unspecified atom stereocenters. The molecule has 1 saturated heterocycles. The van der Waals surface area contributed by atoms with E-state index in [0.29, 0.717) is 19.3 Å². The van der Waals surface area contributed by atoms with Gasteiger partial charge in [-0.05, 0) is 19.3 Å². The summed E-state index contributed by atoms with van der Waals surface area (Å²) in [5.74, 6) is 0. The van der Waals surface area contributed by atoms with Crippen LogP contribution in [0.25, 0.3) is 0 Å². The molecule has 0 aromatic carbocycles. The van der Waals surface area contributed by atoms with Gasteiger partial charge in [0, 0.05) is 19.1 Å². The van der Waals surface area contributed by atoms with E-state index in [2.05, 4.69) is 4.90 Å². The highest BCUT2D eigenvalue weighted by molar-refractivity contribution is 4.96. The van der Waals surface area contributed by atoms with E-state index in [0.717, 1.165) is 13.1 Å². The molecule has 1 radical (unpaired) electrons. The fraction of sp³-hybridized carbons (Fsp3) is 1.00. The monoisotopic (exact) mass is 158 g/mol. The lowest BCUT2D eigenvalue weighted by molar-refractivity contribution is 0.0236. The van der Waals surface area contributed by atoms with E-state index < -0.39 is 6.17 Å². The van der Waals surface area contributed by atoms with Crippen LogP contribution in [0, 0.1) is 0 Å². The maximum absolute atomic E-state index is 12.5. The predicted molar refractivity (Wildman–Crippen MR) is 38.6 cm³/mol. The summed E-state index contributed by atoms with van der Waals surface area (Å²) in [6, 6.07) is 0.169. The van der Waals surface area contributed by atoms with E-state index in [1.54, 1.807) is 0 Å². The van der Waals surface area contributed by atoms with E-state index in [1.807, 2.05) is 0 Å². The smallest absolute Gasteiger partial charge is 0.117 e. The predicted octanol–water partition coefficient (Wildman–Crippen LogP) is 0.992. The van der Waals surface area contributed by atoms with Crippen molar-refractivity contribution < 1.29 is 9.50 Å². The van der Waals surface area contributed by atoms with Crippen molar-refractivity contribution in [2.24, 2.45) is 0 Å². The Balaban J connectivity index is 1.79. The average Bonchev–Trinajstić information content (AvgIpc) is 2.69. The van der Waals surface area contributed by atoms with Gasteiger partial charge in [0.25, 0.3) is 0 Å². The van der Waals surface area contributed by atoms with Gasteiger partial charge in [0.15, 0.2) is 0 Å². The molecule has 2 atom stereocenters. The molecule has 2 fully saturated rings. The van der Waals surface area contributed by atoms with Crippen molar-refractivity contribution in [2.45, 2.75) is 37.6 Å². The standard InChI is InChI=1S/C8H13FNO/c9-7-5-8(7)10-3-1-6(11)2-4-10/h6-8H,1-5H2. The first-order valence-corrected chi connectivity index (χ1v) is 4.31. The summed E-state index contributed by atoms with van der Waals surface area (Å²) in [6.07, 6.45) is 1.14. The van der Waals surface area contributed by atoms with Crippen LogP contribution in [0.1, 0.15) is 19.3 Å². The van der Waals surface area contributed by atoms with Crippen molar-refractivity contribution in [1.29, 1.82) is 0 Å². The quantitative estimate of drug-likeness (QED) is 0.558. The zero-order chi connectivity index (χ0) is 7.84. The fourth-order valence-electron chi connectivity index (χ4n) is 1.74. The Kier molecular flexibility index (Phi) is 1.85. The first-order valence-electron chi connectivity index (χ1n) is 4.31. The van der Waals surface area contributed by atoms with Crippen molar-refractivity contribution in [1.82, 2.24) is 4.90 Å². The average molecular weight is 158 g/mol. The number of alkyl halides is 1. The van der Waals surface area contributed by atoms with Crippen LogP contribution < -0.4 is 0 Å². The first-order chi connectivity index (χ1) is 5.27. The largest absolute Gasteiger partial charge is 0.297 e. The van der Waals surface area contributed by atoms with Gasteiger partial charge in [-0.3, -0.25) is 4.90 Å². The van der Waals surface area contributed by atoms with E-state index in [1.165, 1.54) is 0 Å². The number of hydrogen-bond acceptors (Lipinski definition) is 1. The van der Waals surface area contributed by atoms with Gasteiger partial charge in [-0.1, -0.05) is 0 Å². The van der Waals surface area contributed by atoms with Gasteiger partial charge in [-0.15, -0.1) is 0 Å². The molecule has 0 aromatic rings. The molecule has 2 aliphatic rings. The number of nitrogens with zero attached hydrogens (tertiary/aromatic N) is 1. The third-order valence-corrected chi connectivity index (χ3v) is 2.63. The third kappa shape index (κ3) is 1.54. The van der Waals surface area contributed by atoms with E-state index >= 15 is 0 Å². The summed E-state index contributed by atoms with van der Waals surface area (Å²) < 4.78 is 12.5. The molecule has 11 heavy (non-hydrogen) atoms. The molecule has 0 bridgehead atoms. The highest BCUT2D eigenvalue weighted by Crippen LogP contribution is 2.32. The summed E-state index contributed by atoms with van der Waals surface area (Å²) in [5.41, 5.74) is 0. The van der Waals surface area contributed by atoms with Crippen LogP contribution in [0.4, 0.5) is 4.39 Å². The minimum atomic E-state index is -0.599. The molecule has 0 amide bonds. The molecular weight excluding hydrogens is 145 g/mol. The molecule has 1 aliphatic carbocycles. The normalized spacial score (nSPS) is 40.9. The second-order valence-corrected chi connectivity index (χ2v) is 3.55. The van der Waals surface area contributed by atoms with Crippen LogP contribution in [0.3, 0.4) is 0 Å². The molecule has 0 spiro atoms. The highest BCUT2D eigenvalue weighted by Gasteiger charge is 2.43. The molecule has 1 saturated carbocycles. The van der Waals surface area contributed by atoms with Crippen LogP contribution in [0.15, 0.2) is 0 Å². The molecule has 2 nitrogen and oxygen atoms in total. The van der Waals surface area contributed by atoms with E-state index in [4.69, 9.17) is 0 Å². The van der Waals surface area contributed by atoms with Gasteiger partial charge in [-0.2, -0.15) is 0 Å². The Labute approximate surface area is 66.0 Å². The van der Waals surface area contributed by atoms with Crippen LogP contribution in [-0.4, -0.2) is 36.3 Å². The summed E-state index contributed by atoms with van der Waals surface area (Å²) in [5, 5.41) is 10.9. The van der Waals surface area contributed by atoms with Crippen molar-refractivity contribution in [3.63, 3.8) is 0 Å². The Morgan fingerprint density at radius 3 is 2.27 bits per heavy atom. The van der Waals surface area contributed by atoms with Gasteiger partial charge < -0.3 is 0 Å². The minimum Gasteiger partial charge on any atom is -0.297 e. The summed E-state index contributed by atoms with van der Waals surface area (Å²) in [6.45, 7) is 1.64. The van der Waals surface area contributed by atoms with Crippen LogP contribution in [0.2, 0.25) is 0 Å². The Bertz CT molecular complexity index is 145. The zero-order valence-corrected chi connectivity index (χ0v) is 6.50. The number of halogens is 1. The molecule has 3 heteroatoms. The van der Waals surface area contributed by atoms with Gasteiger partial charge in [0.2, 0.25) is 0 Å². The lowest BCUT2D eigenvalue weighted by atomic mass is 10.1. The van der Waals surface area contributed by atoms with Crippen LogP contribution in [0.5, 0.6) is 0 Å². The van der Waals surface area contributed by atoms with Gasteiger partial charge in [-0.25, -0.2) is 9.50 Å². The van der Waals surface area contributed by atoms with E-state index in [9.17, 15) is 9.50 Å². The molecule has 1 aliphatic heterocycles. The van der Waals surface area contributed by atoms with E-state index in [-0.39, 0.29) is 12.1 Å². The molecule has 0 N–H and O–H groups in total. The number of piperidine rings is 1. The Hall–Kier alpha value is -0.150. The second-order valence-electron chi connectivity index (χ2n) is 3.55. The molecule has 63 valence electrons. The molecule has 1 heterocycles. The molecule has 2 rings (SSSR count). The minimum absolute atomic E-state index is 0.169. The first kappa shape index (κ1) is 7.50. The Morgan fingerprint density at radius 1 is 1.27 bits per heavy atom. The maximum atomic E-state index is 12.5. The zero-order valence-electron chi connectivity index (χ0n) is 6.50. The second kappa shape index (κ2) is 2.72. The topological polar surface area (TPSA) is 23.1 Å². The highest BCUT2D eigenvalue weighted by atomic mass is 19.1. The van der Waals surface area contributed by atoms with Crippen molar-refractivity contribution in [2.75, 3.05) is 13.1 Å². The SMILES string of the molecule is [O]C1CCN(C2CC2F)CC1. The van der Waals surface area contributed by atoms with Gasteiger partial charge in [0.1, 0.15) is 6.17 Å². The van der Waals surface area contributed by atoms with Crippen LogP contribution in [-0.2, 0) is 5.11 Å². The number of hydrogen-bond donors (Lipinski definition) is 0. The third-order valence-electron chi connectivity index (χ3n) is 2.63. The summed E-state index contributed by atoms with van der Waals surface area (Å²) in [7, 11) is 0. The molecule has 0 aromatic heterocycles. The summed E-state index contributed by atoms with van der Waals surface area (Å²) in [4.78, 5) is 2.12. The maximum Gasteiger partial charge on any atom is 0.117 e. The number of likely N-dealkylation sites (tertiary alicyclic amines) is 1. The van der Waals surface area contributed by atoms with Crippen molar-refractivity contribution in [3.8, 4) is 0 Å². The Morgan fingerprint density at radius 2 is 1.82 bits per heavy atom. The van der Waals surface area contributed by atoms with Gasteiger partial charge in [0.05, 0.1) is 6.10 Å². The lowest BCUT2D eigenvalue weighted by Gasteiger charge is -2.28. The molecular formula is C8H13FNO. The van der Waals surface area contributed by atoms with Crippen molar-refractivity contribution >= 4 is 0 Å². The number of rotatable bonds is 1.